The number of carbonyl (C=O) groups is 1. The third-order valence-corrected chi connectivity index (χ3v) is 5.61. The van der Waals surface area contributed by atoms with Crippen molar-refractivity contribution >= 4 is 12.2 Å². The largest absolute Gasteiger partial charge is 0.449 e. The van der Waals surface area contributed by atoms with E-state index in [2.05, 4.69) is 17.4 Å². The summed E-state index contributed by atoms with van der Waals surface area (Å²) in [5.74, 6) is -0.0311. The van der Waals surface area contributed by atoms with Gasteiger partial charge >= 0.3 is 12.3 Å². The molecule has 4 rings (SSSR count). The predicted octanol–water partition coefficient (Wildman–Crippen LogP) is 6.57. The zero-order valence-corrected chi connectivity index (χ0v) is 17.4. The summed E-state index contributed by atoms with van der Waals surface area (Å²) in [6, 6.07) is 19.7. The molecular weight excluding hydrogens is 415 g/mol. The quantitative estimate of drug-likeness (QED) is 0.491. The van der Waals surface area contributed by atoms with E-state index in [1.165, 1.54) is 6.07 Å². The van der Waals surface area contributed by atoms with E-state index in [0.717, 1.165) is 39.9 Å². The molecule has 1 aliphatic carbocycles. The molecule has 1 aliphatic rings. The van der Waals surface area contributed by atoms with Crippen molar-refractivity contribution in [3.63, 3.8) is 0 Å². The van der Waals surface area contributed by atoms with Gasteiger partial charge in [0.25, 0.3) is 0 Å². The monoisotopic (exact) mass is 437 g/mol. The smallest absolute Gasteiger partial charge is 0.416 e. The number of amides is 1. The zero-order chi connectivity index (χ0) is 22.7. The summed E-state index contributed by atoms with van der Waals surface area (Å²) in [4.78, 5) is 12.2. The van der Waals surface area contributed by atoms with Crippen LogP contribution in [-0.2, 0) is 10.9 Å². The molecule has 0 aromatic heterocycles. The highest BCUT2D eigenvalue weighted by molar-refractivity contribution is 5.79. The SMILES string of the molecule is Cc1ccc(C(F)(F)F)cc1C=CCNC(=O)OCC1c2ccccc2-c2ccccc21. The third kappa shape index (κ3) is 4.54. The summed E-state index contributed by atoms with van der Waals surface area (Å²) < 4.78 is 44.1. The number of ether oxygens (including phenoxy) is 1. The van der Waals surface area contributed by atoms with E-state index in [0.29, 0.717) is 5.56 Å². The van der Waals surface area contributed by atoms with E-state index in [9.17, 15) is 18.0 Å². The highest BCUT2D eigenvalue weighted by Gasteiger charge is 2.30. The number of benzene rings is 3. The van der Waals surface area contributed by atoms with E-state index in [-0.39, 0.29) is 19.1 Å². The highest BCUT2D eigenvalue weighted by atomic mass is 19.4. The molecule has 3 nitrogen and oxygen atoms in total. The maximum absolute atomic E-state index is 12.9. The Morgan fingerprint density at radius 2 is 1.62 bits per heavy atom. The Labute approximate surface area is 184 Å². The fraction of sp³-hybridized carbons (Fsp3) is 0.192. The molecule has 0 spiro atoms. The standard InChI is InChI=1S/C26H22F3NO2/c1-17-12-13-19(26(27,28)29)15-18(17)7-6-14-30-25(31)32-16-24-22-10-4-2-8-20(22)21-9-3-5-11-23(21)24/h2-13,15,24H,14,16H2,1H3,(H,30,31). The first kappa shape index (κ1) is 21.7. The minimum absolute atomic E-state index is 0.0311. The Hall–Kier alpha value is -3.54. The summed E-state index contributed by atoms with van der Waals surface area (Å²) >= 11 is 0. The van der Waals surface area contributed by atoms with Crippen LogP contribution in [-0.4, -0.2) is 19.2 Å². The van der Waals surface area contributed by atoms with Gasteiger partial charge in [0.2, 0.25) is 0 Å². The van der Waals surface area contributed by atoms with Crippen LogP contribution in [0.3, 0.4) is 0 Å². The fourth-order valence-electron chi connectivity index (χ4n) is 3.97. The van der Waals surface area contributed by atoms with Crippen molar-refractivity contribution in [1.82, 2.24) is 5.32 Å². The molecule has 0 radical (unpaired) electrons. The van der Waals surface area contributed by atoms with E-state index >= 15 is 0 Å². The van der Waals surface area contributed by atoms with Crippen molar-refractivity contribution in [3.8, 4) is 11.1 Å². The summed E-state index contributed by atoms with van der Waals surface area (Å²) in [6.45, 7) is 2.08. The maximum Gasteiger partial charge on any atom is 0.416 e. The Balaban J connectivity index is 1.34. The van der Waals surface area contributed by atoms with Gasteiger partial charge in [-0.25, -0.2) is 4.79 Å². The lowest BCUT2D eigenvalue weighted by molar-refractivity contribution is -0.137. The molecule has 0 heterocycles. The van der Waals surface area contributed by atoms with Crippen LogP contribution in [0, 0.1) is 6.92 Å². The average Bonchev–Trinajstić information content (AvgIpc) is 3.09. The topological polar surface area (TPSA) is 38.3 Å². The van der Waals surface area contributed by atoms with Crippen LogP contribution in [0.5, 0.6) is 0 Å². The van der Waals surface area contributed by atoms with E-state index < -0.39 is 17.8 Å². The van der Waals surface area contributed by atoms with E-state index in [4.69, 9.17) is 4.74 Å². The van der Waals surface area contributed by atoms with Gasteiger partial charge in [-0.3, -0.25) is 0 Å². The molecule has 3 aromatic rings. The molecule has 0 atom stereocenters. The van der Waals surface area contributed by atoms with Crippen LogP contribution >= 0.6 is 0 Å². The number of carbonyl (C=O) groups excluding carboxylic acids is 1. The molecule has 0 aliphatic heterocycles. The molecule has 1 amide bonds. The Bertz CT molecular complexity index is 1120. The zero-order valence-electron chi connectivity index (χ0n) is 17.4. The molecule has 164 valence electrons. The van der Waals surface area contributed by atoms with Crippen LogP contribution in [0.25, 0.3) is 17.2 Å². The first-order valence-electron chi connectivity index (χ1n) is 10.3. The van der Waals surface area contributed by atoms with Crippen LogP contribution in [0.15, 0.2) is 72.8 Å². The van der Waals surface area contributed by atoms with Gasteiger partial charge < -0.3 is 10.1 Å². The number of halogens is 3. The van der Waals surface area contributed by atoms with Gasteiger partial charge in [-0.2, -0.15) is 13.2 Å². The number of alkyl halides is 3. The lowest BCUT2D eigenvalue weighted by atomic mass is 9.98. The molecule has 32 heavy (non-hydrogen) atoms. The summed E-state index contributed by atoms with van der Waals surface area (Å²) in [5.41, 5.74) is 5.02. The van der Waals surface area contributed by atoms with E-state index in [1.54, 1.807) is 19.1 Å². The second-order valence-electron chi connectivity index (χ2n) is 7.68. The molecule has 0 unspecified atom stereocenters. The normalized spacial score (nSPS) is 13.1. The molecule has 0 fully saturated rings. The summed E-state index contributed by atoms with van der Waals surface area (Å²) in [5, 5.41) is 2.62. The number of fused-ring (bicyclic) bond motifs is 3. The van der Waals surface area contributed by atoms with Crippen LogP contribution in [0.1, 0.15) is 33.7 Å². The third-order valence-electron chi connectivity index (χ3n) is 5.61. The van der Waals surface area contributed by atoms with Gasteiger partial charge in [-0.15, -0.1) is 0 Å². The number of nitrogens with one attached hydrogen (secondary N) is 1. The molecular formula is C26H22F3NO2. The number of hydrogen-bond donors (Lipinski definition) is 1. The maximum atomic E-state index is 12.9. The first-order chi connectivity index (χ1) is 15.3. The number of alkyl carbamates (subject to hydrolysis) is 1. The summed E-state index contributed by atoms with van der Waals surface area (Å²) in [7, 11) is 0. The minimum Gasteiger partial charge on any atom is -0.449 e. The van der Waals surface area contributed by atoms with E-state index in [1.807, 2.05) is 36.4 Å². The molecule has 0 saturated heterocycles. The first-order valence-corrected chi connectivity index (χ1v) is 10.3. The lowest BCUT2D eigenvalue weighted by Crippen LogP contribution is -2.26. The van der Waals surface area contributed by atoms with Crippen molar-refractivity contribution in [3.05, 3.63) is 101 Å². The molecule has 1 N–H and O–H groups in total. The Morgan fingerprint density at radius 3 is 2.25 bits per heavy atom. The summed E-state index contributed by atoms with van der Waals surface area (Å²) in [6.07, 6.45) is -1.80. The highest BCUT2D eigenvalue weighted by Crippen LogP contribution is 2.44. The molecule has 6 heteroatoms. The lowest BCUT2D eigenvalue weighted by Gasteiger charge is -2.14. The van der Waals surface area contributed by atoms with Crippen LogP contribution in [0.2, 0.25) is 0 Å². The molecule has 0 saturated carbocycles. The van der Waals surface area contributed by atoms with Crippen molar-refractivity contribution < 1.29 is 22.7 Å². The van der Waals surface area contributed by atoms with Gasteiger partial charge in [-0.05, 0) is 52.4 Å². The van der Waals surface area contributed by atoms with Crippen molar-refractivity contribution in [2.45, 2.75) is 19.0 Å². The van der Waals surface area contributed by atoms with Gasteiger partial charge in [0.15, 0.2) is 0 Å². The van der Waals surface area contributed by atoms with Crippen molar-refractivity contribution in [2.75, 3.05) is 13.2 Å². The fourth-order valence-corrected chi connectivity index (χ4v) is 3.97. The second kappa shape index (κ2) is 8.91. The van der Waals surface area contributed by atoms with Gasteiger partial charge in [-0.1, -0.05) is 66.7 Å². The van der Waals surface area contributed by atoms with Crippen LogP contribution in [0.4, 0.5) is 18.0 Å². The predicted molar refractivity (Wildman–Crippen MR) is 118 cm³/mol. The Kier molecular flexibility index (Phi) is 6.04. The van der Waals surface area contributed by atoms with Crippen LogP contribution < -0.4 is 5.32 Å². The Morgan fingerprint density at radius 1 is 1.00 bits per heavy atom. The van der Waals surface area contributed by atoms with Crippen molar-refractivity contribution in [2.24, 2.45) is 0 Å². The number of rotatable bonds is 5. The van der Waals surface area contributed by atoms with Gasteiger partial charge in [0.05, 0.1) is 5.56 Å². The number of hydrogen-bond acceptors (Lipinski definition) is 2. The average molecular weight is 437 g/mol. The van der Waals surface area contributed by atoms with Gasteiger partial charge in [0, 0.05) is 12.5 Å². The molecule has 0 bridgehead atoms. The molecule has 3 aromatic carbocycles. The number of aryl methyl sites for hydroxylation is 1. The minimum atomic E-state index is -4.39. The second-order valence-corrected chi connectivity index (χ2v) is 7.68. The van der Waals surface area contributed by atoms with Crippen molar-refractivity contribution in [1.29, 1.82) is 0 Å². The van der Waals surface area contributed by atoms with Gasteiger partial charge in [0.1, 0.15) is 6.61 Å².